The van der Waals surface area contributed by atoms with E-state index in [2.05, 4.69) is 16.9 Å². The van der Waals surface area contributed by atoms with Crippen molar-refractivity contribution >= 4 is 17.1 Å². The van der Waals surface area contributed by atoms with E-state index in [4.69, 9.17) is 0 Å². The third-order valence-electron chi connectivity index (χ3n) is 4.45. The number of unbranched alkanes of at least 4 members (excludes halogenated alkanes) is 1. The maximum Gasteiger partial charge on any atom is 0.283 e. The van der Waals surface area contributed by atoms with Gasteiger partial charge >= 0.3 is 0 Å². The molecule has 0 spiro atoms. The highest BCUT2D eigenvalue weighted by Crippen LogP contribution is 2.18. The van der Waals surface area contributed by atoms with Crippen LogP contribution in [0.4, 0.5) is 0 Å². The fourth-order valence-electron chi connectivity index (χ4n) is 3.11. The van der Waals surface area contributed by atoms with Gasteiger partial charge in [-0.25, -0.2) is 9.97 Å². The van der Waals surface area contributed by atoms with Gasteiger partial charge in [0, 0.05) is 25.3 Å². The second kappa shape index (κ2) is 6.48. The molecule has 1 saturated heterocycles. The summed E-state index contributed by atoms with van der Waals surface area (Å²) in [6.45, 7) is 5.34. The molecule has 6 heteroatoms. The number of nitrogens with zero attached hydrogens (tertiary/aromatic N) is 4. The molecule has 3 rings (SSSR count). The zero-order chi connectivity index (χ0) is 16.4. The third-order valence-corrected chi connectivity index (χ3v) is 4.45. The Morgan fingerprint density at radius 1 is 1.43 bits per heavy atom. The van der Waals surface area contributed by atoms with Crippen molar-refractivity contribution in [3.63, 3.8) is 0 Å². The van der Waals surface area contributed by atoms with Crippen LogP contribution in [0.3, 0.4) is 0 Å². The maximum absolute atomic E-state index is 12.8. The highest BCUT2D eigenvalue weighted by Gasteiger charge is 2.29. The van der Waals surface area contributed by atoms with Gasteiger partial charge < -0.3 is 4.90 Å². The standard InChI is InChI=1S/C17H22N4O2/c1-3-4-10-21-15-13(8-5-9-18-15)19-14(17(21)23)16(22)20-11-6-7-12(20)2/h5,8-9,12H,3-4,6-7,10-11H2,1-2H3. The summed E-state index contributed by atoms with van der Waals surface area (Å²) in [5.74, 6) is -0.254. The average molecular weight is 314 g/mol. The van der Waals surface area contributed by atoms with E-state index in [9.17, 15) is 9.59 Å². The van der Waals surface area contributed by atoms with Crippen molar-refractivity contribution < 1.29 is 4.79 Å². The maximum atomic E-state index is 12.8. The quantitative estimate of drug-likeness (QED) is 0.868. The molecule has 0 aromatic carbocycles. The first-order valence-electron chi connectivity index (χ1n) is 8.30. The average Bonchev–Trinajstić information content (AvgIpc) is 2.99. The predicted molar refractivity (Wildman–Crippen MR) is 88.4 cm³/mol. The minimum absolute atomic E-state index is 0.0235. The van der Waals surface area contributed by atoms with Gasteiger partial charge in [-0.1, -0.05) is 13.3 Å². The lowest BCUT2D eigenvalue weighted by atomic mass is 10.2. The number of hydrogen-bond donors (Lipinski definition) is 0. The molecule has 2 aromatic rings. The smallest absolute Gasteiger partial charge is 0.283 e. The molecule has 6 nitrogen and oxygen atoms in total. The molecule has 0 aliphatic carbocycles. The number of rotatable bonds is 4. The number of aryl methyl sites for hydroxylation is 1. The molecule has 1 unspecified atom stereocenters. The summed E-state index contributed by atoms with van der Waals surface area (Å²) >= 11 is 0. The van der Waals surface area contributed by atoms with Crippen molar-refractivity contribution in [1.82, 2.24) is 19.4 Å². The summed E-state index contributed by atoms with van der Waals surface area (Å²) in [6.07, 6.45) is 5.44. The monoisotopic (exact) mass is 314 g/mol. The van der Waals surface area contributed by atoms with Crippen molar-refractivity contribution in [2.24, 2.45) is 0 Å². The van der Waals surface area contributed by atoms with E-state index in [0.29, 0.717) is 24.3 Å². The SMILES string of the molecule is CCCCn1c(=O)c(C(=O)N2CCCC2C)nc2cccnc21. The normalized spacial score (nSPS) is 17.8. The van der Waals surface area contributed by atoms with E-state index in [1.807, 2.05) is 6.92 Å². The number of amides is 1. The molecular weight excluding hydrogens is 292 g/mol. The second-order valence-electron chi connectivity index (χ2n) is 6.11. The van der Waals surface area contributed by atoms with E-state index >= 15 is 0 Å². The summed E-state index contributed by atoms with van der Waals surface area (Å²) in [5, 5.41) is 0. The molecule has 0 N–H and O–H groups in total. The molecule has 1 aliphatic rings. The molecular formula is C17H22N4O2. The van der Waals surface area contributed by atoms with Crippen LogP contribution in [0.2, 0.25) is 0 Å². The number of hydrogen-bond acceptors (Lipinski definition) is 4. The second-order valence-corrected chi connectivity index (χ2v) is 6.11. The first kappa shape index (κ1) is 15.6. The fraction of sp³-hybridized carbons (Fsp3) is 0.529. The fourth-order valence-corrected chi connectivity index (χ4v) is 3.11. The number of aromatic nitrogens is 3. The van der Waals surface area contributed by atoms with Crippen molar-refractivity contribution in [1.29, 1.82) is 0 Å². The van der Waals surface area contributed by atoms with Gasteiger partial charge in [-0.2, -0.15) is 0 Å². The Hall–Kier alpha value is -2.24. The molecule has 2 aromatic heterocycles. The van der Waals surface area contributed by atoms with E-state index in [1.54, 1.807) is 27.8 Å². The minimum atomic E-state index is -0.325. The Labute approximate surface area is 135 Å². The molecule has 1 amide bonds. The summed E-state index contributed by atoms with van der Waals surface area (Å²) in [7, 11) is 0. The lowest BCUT2D eigenvalue weighted by Crippen LogP contribution is -2.39. The van der Waals surface area contributed by atoms with Crippen molar-refractivity contribution in [3.8, 4) is 0 Å². The first-order chi connectivity index (χ1) is 11.1. The number of carbonyl (C=O) groups excluding carboxylic acids is 1. The van der Waals surface area contributed by atoms with Gasteiger partial charge in [0.15, 0.2) is 11.3 Å². The highest BCUT2D eigenvalue weighted by atomic mass is 16.2. The Balaban J connectivity index is 2.11. The summed E-state index contributed by atoms with van der Waals surface area (Å²) in [5.41, 5.74) is 0.847. The van der Waals surface area contributed by atoms with Gasteiger partial charge in [0.25, 0.3) is 11.5 Å². The van der Waals surface area contributed by atoms with Crippen LogP contribution in [0, 0.1) is 0 Å². The van der Waals surface area contributed by atoms with E-state index in [0.717, 1.165) is 25.7 Å². The predicted octanol–water partition coefficient (Wildman–Crippen LogP) is 2.22. The zero-order valence-corrected chi connectivity index (χ0v) is 13.7. The largest absolute Gasteiger partial charge is 0.334 e. The Kier molecular flexibility index (Phi) is 4.41. The van der Waals surface area contributed by atoms with Gasteiger partial charge in [0.2, 0.25) is 0 Å². The lowest BCUT2D eigenvalue weighted by Gasteiger charge is -2.21. The molecule has 0 bridgehead atoms. The molecule has 1 aliphatic heterocycles. The molecule has 1 fully saturated rings. The lowest BCUT2D eigenvalue weighted by molar-refractivity contribution is 0.0739. The van der Waals surface area contributed by atoms with Crippen LogP contribution in [0.5, 0.6) is 0 Å². The van der Waals surface area contributed by atoms with Crippen LogP contribution in [-0.2, 0) is 6.54 Å². The van der Waals surface area contributed by atoms with Crippen LogP contribution in [0.25, 0.3) is 11.2 Å². The Bertz CT molecular complexity index is 784. The van der Waals surface area contributed by atoms with Crippen LogP contribution >= 0.6 is 0 Å². The number of carbonyl (C=O) groups is 1. The van der Waals surface area contributed by atoms with Crippen molar-refractivity contribution in [3.05, 3.63) is 34.4 Å². The van der Waals surface area contributed by atoms with Crippen molar-refractivity contribution in [2.45, 2.75) is 52.1 Å². The molecule has 23 heavy (non-hydrogen) atoms. The molecule has 1 atom stereocenters. The Morgan fingerprint density at radius 2 is 2.26 bits per heavy atom. The van der Waals surface area contributed by atoms with E-state index in [1.165, 1.54) is 0 Å². The van der Waals surface area contributed by atoms with Crippen LogP contribution in [0.15, 0.2) is 23.1 Å². The minimum Gasteiger partial charge on any atom is -0.334 e. The molecule has 122 valence electrons. The Morgan fingerprint density at radius 3 is 2.96 bits per heavy atom. The third kappa shape index (κ3) is 2.85. The van der Waals surface area contributed by atoms with Gasteiger partial charge in [0.1, 0.15) is 5.52 Å². The van der Waals surface area contributed by atoms with Gasteiger partial charge in [0.05, 0.1) is 0 Å². The first-order valence-corrected chi connectivity index (χ1v) is 8.30. The summed E-state index contributed by atoms with van der Waals surface area (Å²) < 4.78 is 1.60. The molecule has 0 radical (unpaired) electrons. The number of likely N-dealkylation sites (tertiary alicyclic amines) is 1. The van der Waals surface area contributed by atoms with Gasteiger partial charge in [-0.15, -0.1) is 0 Å². The van der Waals surface area contributed by atoms with Crippen molar-refractivity contribution in [2.75, 3.05) is 6.54 Å². The molecule has 0 saturated carbocycles. The topological polar surface area (TPSA) is 68.1 Å². The van der Waals surface area contributed by atoms with E-state index in [-0.39, 0.29) is 23.2 Å². The highest BCUT2D eigenvalue weighted by molar-refractivity contribution is 5.93. The van der Waals surface area contributed by atoms with Crippen LogP contribution in [-0.4, -0.2) is 37.9 Å². The van der Waals surface area contributed by atoms with Crippen LogP contribution < -0.4 is 5.56 Å². The number of fused-ring (bicyclic) bond motifs is 1. The van der Waals surface area contributed by atoms with Gasteiger partial charge in [-0.3, -0.25) is 14.2 Å². The molecule has 3 heterocycles. The van der Waals surface area contributed by atoms with E-state index < -0.39 is 0 Å². The van der Waals surface area contributed by atoms with Crippen LogP contribution in [0.1, 0.15) is 50.0 Å². The summed E-state index contributed by atoms with van der Waals surface area (Å²) in [4.78, 5) is 36.0. The van der Waals surface area contributed by atoms with Gasteiger partial charge in [-0.05, 0) is 38.3 Å². The summed E-state index contributed by atoms with van der Waals surface area (Å²) in [6, 6.07) is 3.74. The zero-order valence-electron chi connectivity index (χ0n) is 13.7. The number of pyridine rings is 1.